The van der Waals surface area contributed by atoms with Gasteiger partial charge in [0.1, 0.15) is 0 Å². The standard InChI is InChI=1S/C27H37N3OSi/c1-26(2,32(3,4)31)15-14-22-23-24-27(16-17-29(24)18-19-10-6-5-7-11-19)20-12-8-9-13-21(20)28-25(27)30(22)23/h5-13,22-25,28,31H,14-18H2,1-4H3/t22?,23-,24?,25-,27?,30?/m1/s1. The molecule has 6 rings (SSSR count). The summed E-state index contributed by atoms with van der Waals surface area (Å²) in [4.78, 5) is 16.4. The number of anilines is 1. The van der Waals surface area contributed by atoms with E-state index in [1.807, 2.05) is 0 Å². The zero-order valence-corrected chi connectivity index (χ0v) is 20.9. The fourth-order valence-electron chi connectivity index (χ4n) is 7.02. The second kappa shape index (κ2) is 6.92. The Hall–Kier alpha value is -1.66. The number of hydrogen-bond acceptors (Lipinski definition) is 4. The van der Waals surface area contributed by atoms with Crippen LogP contribution in [0.25, 0.3) is 0 Å². The highest BCUT2D eigenvalue weighted by atomic mass is 28.4. The van der Waals surface area contributed by atoms with E-state index in [0.717, 1.165) is 13.0 Å². The van der Waals surface area contributed by atoms with E-state index in [-0.39, 0.29) is 10.5 Å². The van der Waals surface area contributed by atoms with E-state index in [9.17, 15) is 4.80 Å². The molecule has 2 aromatic rings. The molecule has 4 unspecified atom stereocenters. The summed E-state index contributed by atoms with van der Waals surface area (Å²) in [5.74, 6) is 0. The van der Waals surface area contributed by atoms with Crippen LogP contribution in [-0.4, -0.2) is 53.7 Å². The third-order valence-corrected chi connectivity index (χ3v) is 13.1. The van der Waals surface area contributed by atoms with Crippen molar-refractivity contribution in [3.63, 3.8) is 0 Å². The van der Waals surface area contributed by atoms with Crippen LogP contribution in [0.3, 0.4) is 0 Å². The van der Waals surface area contributed by atoms with E-state index >= 15 is 0 Å². The SMILES string of the molecule is CC(C)(CCC1[C@@H]2C3N(Cc4ccccc4)CCC34c3ccccc3N[C@@H]4N12)[Si](C)(C)O. The average Bonchev–Trinajstić information content (AvgIpc) is 3.02. The quantitative estimate of drug-likeness (QED) is 0.494. The topological polar surface area (TPSA) is 38.5 Å². The van der Waals surface area contributed by atoms with E-state index in [4.69, 9.17) is 0 Å². The van der Waals surface area contributed by atoms with E-state index < -0.39 is 8.32 Å². The number of fused-ring (bicyclic) bond motifs is 4. The molecule has 0 aromatic heterocycles. The van der Waals surface area contributed by atoms with Gasteiger partial charge in [0, 0.05) is 35.8 Å². The summed E-state index contributed by atoms with van der Waals surface area (Å²) in [5, 5.41) is 4.00. The van der Waals surface area contributed by atoms with Crippen molar-refractivity contribution in [2.75, 3.05) is 11.9 Å². The van der Waals surface area contributed by atoms with Gasteiger partial charge in [0.05, 0.1) is 6.17 Å². The molecule has 4 aliphatic heterocycles. The highest BCUT2D eigenvalue weighted by molar-refractivity contribution is 6.72. The van der Waals surface area contributed by atoms with Crippen molar-refractivity contribution in [1.29, 1.82) is 0 Å². The fourth-order valence-corrected chi connectivity index (χ4v) is 7.78. The first-order chi connectivity index (χ1) is 15.2. The van der Waals surface area contributed by atoms with Crippen molar-refractivity contribution in [3.8, 4) is 0 Å². The lowest BCUT2D eigenvalue weighted by Crippen LogP contribution is -2.49. The number of benzene rings is 2. The van der Waals surface area contributed by atoms with E-state index in [1.165, 1.54) is 30.6 Å². The van der Waals surface area contributed by atoms with Gasteiger partial charge in [0.2, 0.25) is 0 Å². The van der Waals surface area contributed by atoms with Crippen LogP contribution in [0, 0.1) is 0 Å². The molecule has 5 heteroatoms. The number of nitrogens with zero attached hydrogens (tertiary/aromatic N) is 2. The highest BCUT2D eigenvalue weighted by Gasteiger charge is 2.76. The Morgan fingerprint density at radius 1 is 1.09 bits per heavy atom. The number of rotatable bonds is 6. The zero-order chi connectivity index (χ0) is 22.3. The van der Waals surface area contributed by atoms with Gasteiger partial charge in [0.15, 0.2) is 8.32 Å². The zero-order valence-electron chi connectivity index (χ0n) is 19.9. The summed E-state index contributed by atoms with van der Waals surface area (Å²) in [5.41, 5.74) is 4.52. The van der Waals surface area contributed by atoms with Crippen molar-refractivity contribution in [1.82, 2.24) is 9.80 Å². The van der Waals surface area contributed by atoms with Crippen LogP contribution in [0.4, 0.5) is 5.69 Å². The molecule has 3 fully saturated rings. The normalized spacial score (nSPS) is 35.1. The number of likely N-dealkylation sites (tertiary alicyclic amines) is 1. The van der Waals surface area contributed by atoms with Crippen LogP contribution in [-0.2, 0) is 12.0 Å². The number of piperidine rings is 1. The lowest BCUT2D eigenvalue weighted by atomic mass is 9.73. The number of para-hydroxylation sites is 1. The van der Waals surface area contributed by atoms with Gasteiger partial charge in [-0.2, -0.15) is 0 Å². The minimum absolute atomic E-state index is 0.0492. The average molecular weight is 448 g/mol. The molecule has 1 spiro atoms. The molecule has 4 aliphatic rings. The molecular formula is C27H37N3OSi. The Balaban J connectivity index is 1.30. The van der Waals surface area contributed by atoms with Gasteiger partial charge in [0.25, 0.3) is 0 Å². The predicted molar refractivity (Wildman–Crippen MR) is 133 cm³/mol. The summed E-state index contributed by atoms with van der Waals surface area (Å²) < 4.78 is 0. The van der Waals surface area contributed by atoms with Gasteiger partial charge >= 0.3 is 0 Å². The smallest absolute Gasteiger partial charge is 0.188 e. The molecule has 2 aromatic carbocycles. The van der Waals surface area contributed by atoms with Gasteiger partial charge in [-0.1, -0.05) is 62.4 Å². The second-order valence-electron chi connectivity index (χ2n) is 11.8. The van der Waals surface area contributed by atoms with Crippen LogP contribution in [0.1, 0.15) is 44.2 Å². The molecule has 4 heterocycles. The Morgan fingerprint density at radius 3 is 2.56 bits per heavy atom. The molecule has 170 valence electrons. The molecule has 0 saturated carbocycles. The van der Waals surface area contributed by atoms with Crippen LogP contribution in [0.15, 0.2) is 54.6 Å². The molecule has 0 aliphatic carbocycles. The lowest BCUT2D eigenvalue weighted by molar-refractivity contribution is 0.204. The molecular weight excluding hydrogens is 410 g/mol. The van der Waals surface area contributed by atoms with Gasteiger partial charge in [-0.25, -0.2) is 0 Å². The Kier molecular flexibility index (Phi) is 4.52. The van der Waals surface area contributed by atoms with Crippen molar-refractivity contribution < 1.29 is 4.80 Å². The Morgan fingerprint density at radius 2 is 1.81 bits per heavy atom. The maximum atomic E-state index is 10.8. The summed E-state index contributed by atoms with van der Waals surface area (Å²) in [7, 11) is -2.18. The molecule has 0 radical (unpaired) electrons. The molecule has 32 heavy (non-hydrogen) atoms. The third kappa shape index (κ3) is 2.84. The molecule has 6 atom stereocenters. The Labute approximate surface area is 193 Å². The fraction of sp³-hybridized carbons (Fsp3) is 0.556. The van der Waals surface area contributed by atoms with Crippen molar-refractivity contribution >= 4 is 14.0 Å². The first-order valence-corrected chi connectivity index (χ1v) is 15.3. The summed E-state index contributed by atoms with van der Waals surface area (Å²) in [6, 6.07) is 21.9. The maximum absolute atomic E-state index is 10.8. The number of nitrogens with one attached hydrogen (secondary N) is 1. The van der Waals surface area contributed by atoms with Gasteiger partial charge < -0.3 is 10.1 Å². The maximum Gasteiger partial charge on any atom is 0.188 e. The largest absolute Gasteiger partial charge is 0.432 e. The molecule has 2 N–H and O–H groups in total. The number of hydrogen-bond donors (Lipinski definition) is 2. The van der Waals surface area contributed by atoms with Gasteiger partial charge in [-0.05, 0) is 61.1 Å². The molecule has 0 amide bonds. The van der Waals surface area contributed by atoms with Crippen LogP contribution >= 0.6 is 0 Å². The minimum Gasteiger partial charge on any atom is -0.432 e. The van der Waals surface area contributed by atoms with E-state index in [0.29, 0.717) is 24.3 Å². The molecule has 0 bridgehead atoms. The highest BCUT2D eigenvalue weighted by Crippen LogP contribution is 2.65. The van der Waals surface area contributed by atoms with Gasteiger partial charge in [-0.15, -0.1) is 0 Å². The first kappa shape index (κ1) is 20.9. The van der Waals surface area contributed by atoms with Crippen LogP contribution in [0.2, 0.25) is 18.1 Å². The van der Waals surface area contributed by atoms with Crippen molar-refractivity contribution in [2.24, 2.45) is 0 Å². The van der Waals surface area contributed by atoms with E-state index in [2.05, 4.69) is 96.7 Å². The molecule has 3 saturated heterocycles. The Bertz CT molecular complexity index is 1020. The van der Waals surface area contributed by atoms with Crippen LogP contribution < -0.4 is 5.32 Å². The lowest BCUT2D eigenvalue weighted by Gasteiger charge is -2.37. The second-order valence-corrected chi connectivity index (χ2v) is 16.2. The van der Waals surface area contributed by atoms with Gasteiger partial charge in [-0.3, -0.25) is 9.80 Å². The third-order valence-electron chi connectivity index (χ3n) is 9.55. The monoisotopic (exact) mass is 447 g/mol. The predicted octanol–water partition coefficient (Wildman–Crippen LogP) is 4.77. The van der Waals surface area contributed by atoms with Crippen molar-refractivity contribution in [2.45, 2.75) is 87.5 Å². The van der Waals surface area contributed by atoms with Crippen molar-refractivity contribution in [3.05, 3.63) is 65.7 Å². The van der Waals surface area contributed by atoms with Crippen LogP contribution in [0.5, 0.6) is 0 Å². The summed E-state index contributed by atoms with van der Waals surface area (Å²) in [6.45, 7) is 11.0. The van der Waals surface area contributed by atoms with E-state index in [1.54, 1.807) is 5.56 Å². The summed E-state index contributed by atoms with van der Waals surface area (Å²) >= 11 is 0. The summed E-state index contributed by atoms with van der Waals surface area (Å²) in [6.07, 6.45) is 3.96. The molecule has 4 nitrogen and oxygen atoms in total. The first-order valence-electron chi connectivity index (χ1n) is 12.4. The minimum atomic E-state index is -2.18.